The van der Waals surface area contributed by atoms with Gasteiger partial charge in [0.1, 0.15) is 11.5 Å². The molecule has 7 rings (SSSR count). The third-order valence-electron chi connectivity index (χ3n) is 8.56. The van der Waals surface area contributed by atoms with Gasteiger partial charge >= 0.3 is 0 Å². The van der Waals surface area contributed by atoms with Crippen molar-refractivity contribution in [2.75, 3.05) is 27.3 Å². The molecule has 0 saturated carbocycles. The average Bonchev–Trinajstić information content (AvgIpc) is 3.55. The van der Waals surface area contributed by atoms with Crippen molar-refractivity contribution < 1.29 is 9.47 Å². The van der Waals surface area contributed by atoms with Crippen molar-refractivity contribution >= 4 is 33.2 Å². The van der Waals surface area contributed by atoms with Crippen LogP contribution in [0.5, 0.6) is 11.5 Å². The van der Waals surface area contributed by atoms with E-state index >= 15 is 0 Å². The molecule has 0 bridgehead atoms. The van der Waals surface area contributed by atoms with Gasteiger partial charge in [-0.2, -0.15) is 0 Å². The van der Waals surface area contributed by atoms with Crippen molar-refractivity contribution in [3.63, 3.8) is 0 Å². The van der Waals surface area contributed by atoms with Gasteiger partial charge in [-0.15, -0.1) is 0 Å². The van der Waals surface area contributed by atoms with Crippen LogP contribution in [0.3, 0.4) is 0 Å². The van der Waals surface area contributed by atoms with Gasteiger partial charge in [-0.3, -0.25) is 9.98 Å². The number of ether oxygens (including phenoxy) is 2. The van der Waals surface area contributed by atoms with E-state index in [1.807, 2.05) is 12.1 Å². The Hall–Kier alpha value is -4.32. The first-order valence-corrected chi connectivity index (χ1v) is 14.1. The fourth-order valence-electron chi connectivity index (χ4n) is 6.45. The number of aliphatic imine (C=N–C) groups is 2. The molecule has 0 radical (unpaired) electrons. The van der Waals surface area contributed by atoms with Crippen molar-refractivity contribution in [3.05, 3.63) is 94.3 Å². The van der Waals surface area contributed by atoms with E-state index in [0.717, 1.165) is 72.7 Å². The third kappa shape index (κ3) is 4.28. The highest BCUT2D eigenvalue weighted by atomic mass is 16.5. The molecular weight excluding hydrogens is 496 g/mol. The highest BCUT2D eigenvalue weighted by Gasteiger charge is 2.27. The largest absolute Gasteiger partial charge is 0.497 e. The lowest BCUT2D eigenvalue weighted by Gasteiger charge is -2.23. The fraction of sp³-hybridized carbons (Fsp3) is 0.294. The molecule has 0 amide bonds. The predicted molar refractivity (Wildman–Crippen MR) is 163 cm³/mol. The van der Waals surface area contributed by atoms with Gasteiger partial charge < -0.3 is 19.4 Å². The summed E-state index contributed by atoms with van der Waals surface area (Å²) in [6.45, 7) is 3.78. The van der Waals surface area contributed by atoms with Crippen LogP contribution < -0.4 is 9.47 Å². The first-order valence-electron chi connectivity index (χ1n) is 14.1. The van der Waals surface area contributed by atoms with Gasteiger partial charge in [-0.05, 0) is 79.5 Å². The number of hydrogen-bond donors (Lipinski definition) is 2. The number of nitrogens with one attached hydrogen (secondary N) is 2. The number of aryl methyl sites for hydroxylation is 1. The Bertz CT molecular complexity index is 1680. The highest BCUT2D eigenvalue weighted by Crippen LogP contribution is 2.36. The molecule has 6 nitrogen and oxygen atoms in total. The summed E-state index contributed by atoms with van der Waals surface area (Å²) in [6, 6.07) is 21.6. The van der Waals surface area contributed by atoms with Gasteiger partial charge in [0.15, 0.2) is 0 Å². The van der Waals surface area contributed by atoms with Crippen molar-refractivity contribution in [2.24, 2.45) is 9.98 Å². The number of hydrogen-bond acceptors (Lipinski definition) is 4. The van der Waals surface area contributed by atoms with Crippen LogP contribution in [0, 0.1) is 6.92 Å². The summed E-state index contributed by atoms with van der Waals surface area (Å²) >= 11 is 0. The molecule has 5 aromatic rings. The van der Waals surface area contributed by atoms with E-state index in [1.165, 1.54) is 44.4 Å². The molecule has 2 N–H and O–H groups in total. The van der Waals surface area contributed by atoms with Gasteiger partial charge in [-0.25, -0.2) is 0 Å². The molecule has 40 heavy (non-hydrogen) atoms. The van der Waals surface area contributed by atoms with Crippen LogP contribution >= 0.6 is 0 Å². The summed E-state index contributed by atoms with van der Waals surface area (Å²) in [7, 11) is 3.43. The van der Waals surface area contributed by atoms with Crippen molar-refractivity contribution in [2.45, 2.75) is 38.5 Å². The van der Waals surface area contributed by atoms with E-state index in [-0.39, 0.29) is 5.92 Å². The van der Waals surface area contributed by atoms with Crippen molar-refractivity contribution in [1.29, 1.82) is 0 Å². The Morgan fingerprint density at radius 2 is 1.20 bits per heavy atom. The first kappa shape index (κ1) is 24.7. The number of benzene rings is 3. The number of nitrogens with zero attached hydrogens (tertiary/aromatic N) is 2. The van der Waals surface area contributed by atoms with Crippen molar-refractivity contribution in [3.8, 4) is 11.5 Å². The Labute approximate surface area is 234 Å². The zero-order valence-corrected chi connectivity index (χ0v) is 23.3. The van der Waals surface area contributed by atoms with E-state index in [0.29, 0.717) is 0 Å². The molecule has 4 heterocycles. The molecule has 3 aromatic carbocycles. The maximum absolute atomic E-state index is 5.49. The zero-order valence-electron chi connectivity index (χ0n) is 23.3. The molecule has 0 aliphatic carbocycles. The van der Waals surface area contributed by atoms with Crippen LogP contribution in [0.15, 0.2) is 70.6 Å². The summed E-state index contributed by atoms with van der Waals surface area (Å²) in [5.74, 6) is 1.98. The zero-order chi connectivity index (χ0) is 27.2. The van der Waals surface area contributed by atoms with E-state index in [4.69, 9.17) is 19.5 Å². The average molecular weight is 531 g/mol. The standard InChI is InChI=1S/C34H34N4O2/c1-20-4-6-21(7-5-20)22(16-31-33-27(12-14-35-31)25-10-8-23(39-2)18-29(25)37-33)17-32-34-28(13-15-36-32)26-11-9-24(40-3)19-30(26)38-34/h4-11,18-19,22,37-38H,12-17H2,1-3H3. The SMILES string of the molecule is COc1ccc2c3c([nH]c2c1)C(CC(CC1=NCCc2c1[nH]c1cc(OC)ccc21)c1ccc(C)cc1)=NCC3. The van der Waals surface area contributed by atoms with Crippen LogP contribution in [-0.4, -0.2) is 48.7 Å². The summed E-state index contributed by atoms with van der Waals surface area (Å²) in [4.78, 5) is 17.5. The second-order valence-corrected chi connectivity index (χ2v) is 11.0. The quantitative estimate of drug-likeness (QED) is 0.239. The lowest BCUT2D eigenvalue weighted by molar-refractivity contribution is 0.415. The minimum absolute atomic E-state index is 0.247. The number of methoxy groups -OCH3 is 2. The summed E-state index contributed by atoms with van der Waals surface area (Å²) < 4.78 is 11.0. The number of aromatic nitrogens is 2. The highest BCUT2D eigenvalue weighted by molar-refractivity contribution is 6.09. The third-order valence-corrected chi connectivity index (χ3v) is 8.56. The van der Waals surface area contributed by atoms with Gasteiger partial charge in [0.2, 0.25) is 0 Å². The molecule has 2 aliphatic heterocycles. The number of H-pyrrole nitrogens is 2. The van der Waals surface area contributed by atoms with E-state index in [9.17, 15) is 0 Å². The maximum Gasteiger partial charge on any atom is 0.120 e. The monoisotopic (exact) mass is 530 g/mol. The van der Waals surface area contributed by atoms with E-state index in [1.54, 1.807) is 14.2 Å². The molecular formula is C34H34N4O2. The Balaban J connectivity index is 1.25. The number of aromatic amines is 2. The molecule has 202 valence electrons. The van der Waals surface area contributed by atoms with E-state index in [2.05, 4.69) is 65.4 Å². The molecule has 0 spiro atoms. The van der Waals surface area contributed by atoms with Crippen LogP contribution in [-0.2, 0) is 12.8 Å². The molecule has 0 atom stereocenters. The Morgan fingerprint density at radius 1 is 0.700 bits per heavy atom. The molecule has 0 saturated heterocycles. The summed E-state index contributed by atoms with van der Waals surface area (Å²) in [5, 5.41) is 2.54. The normalized spacial score (nSPS) is 14.7. The second-order valence-electron chi connectivity index (χ2n) is 11.0. The van der Waals surface area contributed by atoms with Crippen LogP contribution in [0.2, 0.25) is 0 Å². The molecule has 0 fully saturated rings. The first-order chi connectivity index (χ1) is 19.6. The van der Waals surface area contributed by atoms with E-state index < -0.39 is 0 Å². The molecule has 2 aliphatic rings. The Kier molecular flexibility index (Phi) is 6.18. The summed E-state index contributed by atoms with van der Waals surface area (Å²) in [6.07, 6.45) is 3.61. The van der Waals surface area contributed by atoms with Gasteiger partial charge in [-0.1, -0.05) is 29.8 Å². The minimum atomic E-state index is 0.247. The van der Waals surface area contributed by atoms with Gasteiger partial charge in [0.25, 0.3) is 0 Å². The Morgan fingerprint density at radius 3 is 1.68 bits per heavy atom. The number of rotatable bonds is 7. The fourth-order valence-corrected chi connectivity index (χ4v) is 6.45. The van der Waals surface area contributed by atoms with Gasteiger partial charge in [0, 0.05) is 47.0 Å². The topological polar surface area (TPSA) is 74.8 Å². The number of fused-ring (bicyclic) bond motifs is 6. The van der Waals surface area contributed by atoms with Gasteiger partial charge in [0.05, 0.1) is 37.0 Å². The van der Waals surface area contributed by atoms with Crippen LogP contribution in [0.1, 0.15) is 52.4 Å². The van der Waals surface area contributed by atoms with Crippen LogP contribution in [0.4, 0.5) is 0 Å². The molecule has 6 heteroatoms. The molecule has 2 aromatic heterocycles. The molecule has 0 unspecified atom stereocenters. The van der Waals surface area contributed by atoms with Crippen LogP contribution in [0.25, 0.3) is 21.8 Å². The minimum Gasteiger partial charge on any atom is -0.497 e. The summed E-state index contributed by atoms with van der Waals surface area (Å²) in [5.41, 5.74) is 12.2. The smallest absolute Gasteiger partial charge is 0.120 e. The maximum atomic E-state index is 5.49. The predicted octanol–water partition coefficient (Wildman–Crippen LogP) is 6.93. The lowest BCUT2D eigenvalue weighted by Crippen LogP contribution is -2.20. The lowest BCUT2D eigenvalue weighted by atomic mass is 9.84. The van der Waals surface area contributed by atoms with Crippen molar-refractivity contribution in [1.82, 2.24) is 9.97 Å². The second kappa shape index (κ2) is 10.0.